The molecule has 0 spiro atoms. The Hall–Kier alpha value is -1.35. The van der Waals surface area contributed by atoms with E-state index in [-0.39, 0.29) is 5.91 Å². The maximum absolute atomic E-state index is 12.2. The lowest BCUT2D eigenvalue weighted by Gasteiger charge is -2.20. The first-order valence-corrected chi connectivity index (χ1v) is 7.14. The maximum Gasteiger partial charge on any atom is 0.251 e. The molecule has 19 heavy (non-hydrogen) atoms. The second kappa shape index (κ2) is 5.74. The summed E-state index contributed by atoms with van der Waals surface area (Å²) in [7, 11) is 0. The number of nitrogens with two attached hydrogens (primary N) is 1. The summed E-state index contributed by atoms with van der Waals surface area (Å²) in [5, 5.41) is 3.08. The molecular formula is C16H24N2O. The molecule has 0 bridgehead atoms. The predicted molar refractivity (Wildman–Crippen MR) is 78.0 cm³/mol. The van der Waals surface area contributed by atoms with Crippen molar-refractivity contribution in [3.05, 3.63) is 35.4 Å². The lowest BCUT2D eigenvalue weighted by atomic mass is 9.92. The highest BCUT2D eigenvalue weighted by molar-refractivity contribution is 5.94. The molecule has 0 atom stereocenters. The van der Waals surface area contributed by atoms with Gasteiger partial charge in [0.15, 0.2) is 0 Å². The van der Waals surface area contributed by atoms with Crippen molar-refractivity contribution < 1.29 is 4.79 Å². The summed E-state index contributed by atoms with van der Waals surface area (Å²) in [6.45, 7) is 5.88. The number of carbonyl (C=O) groups excluding carboxylic acids is 1. The molecule has 104 valence electrons. The third-order valence-corrected chi connectivity index (χ3v) is 4.34. The molecule has 3 N–H and O–H groups in total. The van der Waals surface area contributed by atoms with Crippen molar-refractivity contribution in [3.63, 3.8) is 0 Å². The van der Waals surface area contributed by atoms with E-state index in [9.17, 15) is 4.79 Å². The van der Waals surface area contributed by atoms with E-state index in [1.807, 2.05) is 24.3 Å². The van der Waals surface area contributed by atoms with Gasteiger partial charge in [0.25, 0.3) is 5.91 Å². The molecule has 1 saturated carbocycles. The molecule has 0 aromatic heterocycles. The molecule has 0 aliphatic heterocycles. The highest BCUT2D eigenvalue weighted by Crippen LogP contribution is 2.51. The third-order valence-electron chi connectivity index (χ3n) is 4.34. The van der Waals surface area contributed by atoms with Crippen molar-refractivity contribution >= 4 is 5.91 Å². The van der Waals surface area contributed by atoms with E-state index in [4.69, 9.17) is 5.73 Å². The molecule has 3 heteroatoms. The molecule has 1 aliphatic carbocycles. The van der Waals surface area contributed by atoms with E-state index in [0.29, 0.717) is 17.9 Å². The van der Waals surface area contributed by atoms with Gasteiger partial charge in [0.2, 0.25) is 0 Å². The fourth-order valence-electron chi connectivity index (χ4n) is 2.51. The quantitative estimate of drug-likeness (QED) is 0.825. The molecule has 0 heterocycles. The van der Waals surface area contributed by atoms with Gasteiger partial charge in [0, 0.05) is 12.1 Å². The SMILES string of the molecule is CC(C)C1(CNC(=O)c2cccc(CCN)c2)CC1. The fraction of sp³-hybridized carbons (Fsp3) is 0.562. The highest BCUT2D eigenvalue weighted by Gasteiger charge is 2.45. The lowest BCUT2D eigenvalue weighted by Crippen LogP contribution is -2.32. The van der Waals surface area contributed by atoms with Crippen molar-refractivity contribution in [1.82, 2.24) is 5.32 Å². The first-order chi connectivity index (χ1) is 9.07. The minimum atomic E-state index is 0.0331. The number of rotatable bonds is 6. The predicted octanol–water partition coefficient (Wildman–Crippen LogP) is 2.35. The molecule has 0 saturated heterocycles. The van der Waals surface area contributed by atoms with Gasteiger partial charge in [-0.2, -0.15) is 0 Å². The minimum Gasteiger partial charge on any atom is -0.351 e. The monoisotopic (exact) mass is 260 g/mol. The largest absolute Gasteiger partial charge is 0.351 e. The number of hydrogen-bond acceptors (Lipinski definition) is 2. The Labute approximate surface area is 115 Å². The topological polar surface area (TPSA) is 55.1 Å². The van der Waals surface area contributed by atoms with Crippen LogP contribution < -0.4 is 11.1 Å². The van der Waals surface area contributed by atoms with Crippen molar-refractivity contribution in [1.29, 1.82) is 0 Å². The molecule has 1 amide bonds. The molecule has 1 aliphatic rings. The van der Waals surface area contributed by atoms with E-state index in [2.05, 4.69) is 19.2 Å². The summed E-state index contributed by atoms with van der Waals surface area (Å²) in [6, 6.07) is 7.75. The molecule has 1 aromatic rings. The van der Waals surface area contributed by atoms with Gasteiger partial charge < -0.3 is 11.1 Å². The number of amides is 1. The Bertz CT molecular complexity index is 450. The number of carbonyl (C=O) groups is 1. The van der Waals surface area contributed by atoms with Crippen molar-refractivity contribution in [2.75, 3.05) is 13.1 Å². The first kappa shape index (κ1) is 14.1. The Morgan fingerprint density at radius 3 is 2.74 bits per heavy atom. The van der Waals surface area contributed by atoms with Crippen molar-refractivity contribution in [2.45, 2.75) is 33.1 Å². The van der Waals surface area contributed by atoms with E-state index in [1.165, 1.54) is 12.8 Å². The Morgan fingerprint density at radius 2 is 2.16 bits per heavy atom. The Morgan fingerprint density at radius 1 is 1.42 bits per heavy atom. The van der Waals surface area contributed by atoms with Crippen LogP contribution in [0.4, 0.5) is 0 Å². The van der Waals surface area contributed by atoms with Crippen LogP contribution in [0.5, 0.6) is 0 Å². The van der Waals surface area contributed by atoms with Gasteiger partial charge in [-0.25, -0.2) is 0 Å². The summed E-state index contributed by atoms with van der Waals surface area (Å²) in [5.74, 6) is 0.669. The van der Waals surface area contributed by atoms with Gasteiger partial charge in [-0.05, 0) is 54.8 Å². The summed E-state index contributed by atoms with van der Waals surface area (Å²) in [5.41, 5.74) is 7.76. The molecule has 2 rings (SSSR count). The summed E-state index contributed by atoms with van der Waals surface area (Å²) in [4.78, 5) is 12.2. The van der Waals surface area contributed by atoms with Gasteiger partial charge >= 0.3 is 0 Å². The third kappa shape index (κ3) is 3.35. The van der Waals surface area contributed by atoms with E-state index < -0.39 is 0 Å². The van der Waals surface area contributed by atoms with E-state index >= 15 is 0 Å². The zero-order valence-electron chi connectivity index (χ0n) is 11.9. The molecule has 0 radical (unpaired) electrons. The number of nitrogens with one attached hydrogen (secondary N) is 1. The normalized spacial score (nSPS) is 16.4. The summed E-state index contributed by atoms with van der Waals surface area (Å²) in [6.07, 6.45) is 3.29. The fourth-order valence-corrected chi connectivity index (χ4v) is 2.51. The second-order valence-corrected chi connectivity index (χ2v) is 5.94. The Balaban J connectivity index is 1.94. The van der Waals surface area contributed by atoms with Crippen LogP contribution in [-0.2, 0) is 6.42 Å². The zero-order valence-corrected chi connectivity index (χ0v) is 11.9. The van der Waals surface area contributed by atoms with Crippen LogP contribution in [0.3, 0.4) is 0 Å². The Kier molecular flexibility index (Phi) is 4.25. The van der Waals surface area contributed by atoms with Crippen molar-refractivity contribution in [2.24, 2.45) is 17.1 Å². The lowest BCUT2D eigenvalue weighted by molar-refractivity contribution is 0.0939. The first-order valence-electron chi connectivity index (χ1n) is 7.14. The van der Waals surface area contributed by atoms with Crippen LogP contribution in [0.25, 0.3) is 0 Å². The van der Waals surface area contributed by atoms with Crippen LogP contribution in [0.2, 0.25) is 0 Å². The van der Waals surface area contributed by atoms with Crippen LogP contribution in [-0.4, -0.2) is 19.0 Å². The van der Waals surface area contributed by atoms with Crippen LogP contribution in [0.1, 0.15) is 42.6 Å². The summed E-state index contributed by atoms with van der Waals surface area (Å²) >= 11 is 0. The van der Waals surface area contributed by atoms with E-state index in [1.54, 1.807) is 0 Å². The number of benzene rings is 1. The highest BCUT2D eigenvalue weighted by atomic mass is 16.1. The maximum atomic E-state index is 12.2. The van der Waals surface area contributed by atoms with Gasteiger partial charge in [-0.3, -0.25) is 4.79 Å². The standard InChI is InChI=1S/C16H24N2O/c1-12(2)16(7-8-16)11-18-15(19)14-5-3-4-13(10-14)6-9-17/h3-5,10,12H,6-9,11,17H2,1-2H3,(H,18,19). The summed E-state index contributed by atoms with van der Waals surface area (Å²) < 4.78 is 0. The van der Waals surface area contributed by atoms with Gasteiger partial charge in [-0.1, -0.05) is 26.0 Å². The van der Waals surface area contributed by atoms with Gasteiger partial charge in [-0.15, -0.1) is 0 Å². The molecule has 3 nitrogen and oxygen atoms in total. The van der Waals surface area contributed by atoms with Crippen molar-refractivity contribution in [3.8, 4) is 0 Å². The second-order valence-electron chi connectivity index (χ2n) is 5.94. The average Bonchev–Trinajstić information content (AvgIpc) is 3.18. The smallest absolute Gasteiger partial charge is 0.251 e. The van der Waals surface area contributed by atoms with Crippen LogP contribution in [0.15, 0.2) is 24.3 Å². The molecule has 1 fully saturated rings. The van der Waals surface area contributed by atoms with E-state index in [0.717, 1.165) is 24.1 Å². The number of hydrogen-bond donors (Lipinski definition) is 2. The molecule has 1 aromatic carbocycles. The molecule has 0 unspecified atom stereocenters. The van der Waals surface area contributed by atoms with Gasteiger partial charge in [0.05, 0.1) is 0 Å². The van der Waals surface area contributed by atoms with Crippen LogP contribution >= 0.6 is 0 Å². The average molecular weight is 260 g/mol. The van der Waals surface area contributed by atoms with Crippen LogP contribution in [0, 0.1) is 11.3 Å². The molecular weight excluding hydrogens is 236 g/mol. The van der Waals surface area contributed by atoms with Gasteiger partial charge in [0.1, 0.15) is 0 Å². The zero-order chi connectivity index (χ0) is 13.9. The minimum absolute atomic E-state index is 0.0331.